The molecule has 0 amide bonds. The second-order valence-electron chi connectivity index (χ2n) is 7.81. The molecule has 0 fully saturated rings. The molecule has 0 radical (unpaired) electrons. The van der Waals surface area contributed by atoms with Gasteiger partial charge in [-0.15, -0.1) is 0 Å². The molecule has 6 heteroatoms. The van der Waals surface area contributed by atoms with Crippen LogP contribution < -0.4 is 16.1 Å². The van der Waals surface area contributed by atoms with E-state index in [4.69, 9.17) is 15.6 Å². The van der Waals surface area contributed by atoms with Crippen molar-refractivity contribution in [3.8, 4) is 11.4 Å². The molecule has 0 saturated heterocycles. The Morgan fingerprint density at radius 2 is 1.84 bits per heavy atom. The number of rotatable bonds is 9. The van der Waals surface area contributed by atoms with Crippen LogP contribution in [0.15, 0.2) is 83.8 Å². The Balaban J connectivity index is 1.48. The van der Waals surface area contributed by atoms with E-state index in [2.05, 4.69) is 6.92 Å². The molecule has 2 N–H and O–H groups in total. The Labute approximate surface area is 187 Å². The molecule has 0 bridgehead atoms. The summed E-state index contributed by atoms with van der Waals surface area (Å²) in [7, 11) is 0. The summed E-state index contributed by atoms with van der Waals surface area (Å²) in [6.45, 7) is 4.19. The van der Waals surface area contributed by atoms with Crippen molar-refractivity contribution in [2.24, 2.45) is 5.84 Å². The average Bonchev–Trinajstić information content (AvgIpc) is 2.82. The third kappa shape index (κ3) is 5.41. The van der Waals surface area contributed by atoms with E-state index in [1.54, 1.807) is 10.8 Å². The van der Waals surface area contributed by atoms with Gasteiger partial charge in [-0.3, -0.25) is 20.2 Å². The second kappa shape index (κ2) is 10.2. The number of hydrazine groups is 1. The number of pyridine rings is 2. The Hall–Kier alpha value is -3.48. The summed E-state index contributed by atoms with van der Waals surface area (Å²) in [6, 6.07) is 23.1. The number of fused-ring (bicyclic) bond motifs is 1. The van der Waals surface area contributed by atoms with Gasteiger partial charge in [0, 0.05) is 48.5 Å². The number of hydrogen-bond acceptors (Lipinski definition) is 5. The smallest absolute Gasteiger partial charge is 0.258 e. The van der Waals surface area contributed by atoms with Gasteiger partial charge in [0.05, 0.1) is 5.52 Å². The van der Waals surface area contributed by atoms with Crippen molar-refractivity contribution in [2.45, 2.75) is 26.4 Å². The van der Waals surface area contributed by atoms with Crippen LogP contribution >= 0.6 is 0 Å². The minimum atomic E-state index is -0.140. The summed E-state index contributed by atoms with van der Waals surface area (Å²) < 4.78 is 7.38. The van der Waals surface area contributed by atoms with Gasteiger partial charge in [0.1, 0.15) is 12.4 Å². The number of benzene rings is 2. The molecule has 0 saturated carbocycles. The van der Waals surface area contributed by atoms with Gasteiger partial charge < -0.3 is 4.74 Å². The van der Waals surface area contributed by atoms with Crippen LogP contribution in [-0.2, 0) is 13.0 Å². The first-order chi connectivity index (χ1) is 15.6. The highest BCUT2D eigenvalue weighted by atomic mass is 16.5. The molecule has 2 aromatic heterocycles. The van der Waals surface area contributed by atoms with Crippen LogP contribution in [0.5, 0.6) is 5.75 Å². The lowest BCUT2D eigenvalue weighted by molar-refractivity contribution is 0.286. The topological polar surface area (TPSA) is 73.4 Å². The van der Waals surface area contributed by atoms with Gasteiger partial charge in [-0.25, -0.2) is 5.01 Å². The molecule has 2 heterocycles. The highest BCUT2D eigenvalue weighted by molar-refractivity contribution is 5.81. The maximum absolute atomic E-state index is 12.7. The molecule has 4 aromatic rings. The van der Waals surface area contributed by atoms with Gasteiger partial charge in [-0.05, 0) is 42.3 Å². The number of hydrogen-bond donors (Lipinski definition) is 1. The van der Waals surface area contributed by atoms with E-state index in [0.29, 0.717) is 12.4 Å². The van der Waals surface area contributed by atoms with E-state index >= 15 is 0 Å². The Morgan fingerprint density at radius 1 is 1.00 bits per heavy atom. The average molecular weight is 429 g/mol. The maximum atomic E-state index is 12.7. The van der Waals surface area contributed by atoms with Crippen LogP contribution in [0.3, 0.4) is 0 Å². The van der Waals surface area contributed by atoms with Crippen molar-refractivity contribution < 1.29 is 4.74 Å². The molecule has 0 aliphatic rings. The van der Waals surface area contributed by atoms with Crippen LogP contribution in [0.2, 0.25) is 0 Å². The summed E-state index contributed by atoms with van der Waals surface area (Å²) in [4.78, 5) is 17.4. The van der Waals surface area contributed by atoms with Gasteiger partial charge in [0.2, 0.25) is 0 Å². The van der Waals surface area contributed by atoms with Gasteiger partial charge in [0.25, 0.3) is 5.56 Å². The fourth-order valence-corrected chi connectivity index (χ4v) is 3.61. The number of nitrogens with zero attached hydrogens (tertiary/aromatic N) is 3. The first-order valence-corrected chi connectivity index (χ1v) is 10.9. The molecule has 2 aromatic carbocycles. The summed E-state index contributed by atoms with van der Waals surface area (Å²) in [5, 5.41) is 2.81. The van der Waals surface area contributed by atoms with Crippen molar-refractivity contribution in [1.29, 1.82) is 0 Å². The van der Waals surface area contributed by atoms with Crippen molar-refractivity contribution in [2.75, 3.05) is 13.1 Å². The molecule has 32 heavy (non-hydrogen) atoms. The predicted octanol–water partition coefficient (Wildman–Crippen LogP) is 4.09. The van der Waals surface area contributed by atoms with Crippen LogP contribution in [0, 0.1) is 0 Å². The fourth-order valence-electron chi connectivity index (χ4n) is 3.61. The van der Waals surface area contributed by atoms with Crippen molar-refractivity contribution in [1.82, 2.24) is 14.6 Å². The number of ether oxygens (including phenoxy) is 1. The molecule has 0 unspecified atom stereocenters. The zero-order valence-corrected chi connectivity index (χ0v) is 18.3. The summed E-state index contributed by atoms with van der Waals surface area (Å²) >= 11 is 0. The Bertz CT molecular complexity index is 1240. The van der Waals surface area contributed by atoms with Crippen molar-refractivity contribution in [3.05, 3.63) is 101 Å². The Morgan fingerprint density at radius 3 is 2.62 bits per heavy atom. The fraction of sp³-hybridized carbons (Fsp3) is 0.231. The van der Waals surface area contributed by atoms with Gasteiger partial charge in [-0.2, -0.15) is 0 Å². The lowest BCUT2D eigenvalue weighted by Gasteiger charge is -2.14. The SMILES string of the molecule is CCCN(N)CCc1ccc2cc(-n3ccc(OCc4ccccc4)cc3=O)ccc2n1. The van der Waals surface area contributed by atoms with Gasteiger partial charge in [0.15, 0.2) is 0 Å². The highest BCUT2D eigenvalue weighted by Gasteiger charge is 2.06. The van der Waals surface area contributed by atoms with E-state index in [0.717, 1.165) is 53.8 Å². The highest BCUT2D eigenvalue weighted by Crippen LogP contribution is 2.18. The van der Waals surface area contributed by atoms with Crippen molar-refractivity contribution in [3.63, 3.8) is 0 Å². The third-order valence-corrected chi connectivity index (χ3v) is 5.31. The van der Waals surface area contributed by atoms with E-state index in [1.807, 2.05) is 71.7 Å². The minimum absolute atomic E-state index is 0.140. The van der Waals surface area contributed by atoms with Crippen molar-refractivity contribution >= 4 is 10.9 Å². The van der Waals surface area contributed by atoms with E-state index < -0.39 is 0 Å². The molecule has 4 rings (SSSR count). The van der Waals surface area contributed by atoms with Crippen LogP contribution in [0.4, 0.5) is 0 Å². The largest absolute Gasteiger partial charge is 0.489 e. The number of aromatic nitrogens is 2. The first-order valence-electron chi connectivity index (χ1n) is 10.9. The predicted molar refractivity (Wildman–Crippen MR) is 128 cm³/mol. The molecule has 164 valence electrons. The van der Waals surface area contributed by atoms with Crippen LogP contribution in [0.25, 0.3) is 16.6 Å². The molecule has 6 nitrogen and oxygen atoms in total. The molecule has 0 spiro atoms. The van der Waals surface area contributed by atoms with E-state index in [9.17, 15) is 4.79 Å². The molecule has 0 atom stereocenters. The molecular formula is C26H28N4O2. The quantitative estimate of drug-likeness (QED) is 0.321. The lowest BCUT2D eigenvalue weighted by atomic mass is 10.1. The maximum Gasteiger partial charge on any atom is 0.258 e. The zero-order chi connectivity index (χ0) is 22.3. The Kier molecular flexibility index (Phi) is 6.94. The zero-order valence-electron chi connectivity index (χ0n) is 18.3. The molecule has 0 aliphatic carbocycles. The standard InChI is InChI=1S/C26H28N4O2/c1-2-14-29(27)15-12-22-9-8-21-17-23(10-11-25(21)28-22)30-16-13-24(18-26(30)31)32-19-20-6-4-3-5-7-20/h3-11,13,16-18H,2,12,14-15,19,27H2,1H3. The van der Waals surface area contributed by atoms with E-state index in [1.165, 1.54) is 6.07 Å². The van der Waals surface area contributed by atoms with Gasteiger partial charge >= 0.3 is 0 Å². The molecule has 0 aliphatic heterocycles. The minimum Gasteiger partial charge on any atom is -0.489 e. The number of nitrogens with two attached hydrogens (primary N) is 1. The monoisotopic (exact) mass is 428 g/mol. The summed E-state index contributed by atoms with van der Waals surface area (Å²) in [5.74, 6) is 6.52. The normalized spacial score (nSPS) is 11.2. The summed E-state index contributed by atoms with van der Waals surface area (Å²) in [6.07, 6.45) is 3.58. The van der Waals surface area contributed by atoms with E-state index in [-0.39, 0.29) is 5.56 Å². The first kappa shape index (κ1) is 21.7. The van der Waals surface area contributed by atoms with Gasteiger partial charge in [-0.1, -0.05) is 43.3 Å². The second-order valence-corrected chi connectivity index (χ2v) is 7.81. The molecular weight excluding hydrogens is 400 g/mol. The lowest BCUT2D eigenvalue weighted by Crippen LogP contribution is -2.33. The third-order valence-electron chi connectivity index (χ3n) is 5.31. The summed E-state index contributed by atoms with van der Waals surface area (Å²) in [5.41, 5.74) is 3.62. The van der Waals surface area contributed by atoms with Crippen LogP contribution in [-0.4, -0.2) is 27.6 Å². The van der Waals surface area contributed by atoms with Crippen LogP contribution in [0.1, 0.15) is 24.6 Å².